The van der Waals surface area contributed by atoms with Gasteiger partial charge in [0, 0.05) is 18.4 Å². The van der Waals surface area contributed by atoms with Gasteiger partial charge in [-0.25, -0.2) is 0 Å². The first-order valence-corrected chi connectivity index (χ1v) is 5.48. The number of rotatable bonds is 2. The molecule has 0 atom stereocenters. The molecule has 0 unspecified atom stereocenters. The van der Waals surface area contributed by atoms with Crippen molar-refractivity contribution in [3.8, 4) is 0 Å². The second-order valence-corrected chi connectivity index (χ2v) is 4.21. The van der Waals surface area contributed by atoms with Crippen LogP contribution >= 0.6 is 0 Å². The highest BCUT2D eigenvalue weighted by molar-refractivity contribution is 5.94. The lowest BCUT2D eigenvalue weighted by atomic mass is 10.2. The fraction of sp³-hybridized carbons (Fsp3) is 0.500. The predicted molar refractivity (Wildman–Crippen MR) is 58.7 cm³/mol. The summed E-state index contributed by atoms with van der Waals surface area (Å²) < 4.78 is 0. The normalized spacial score (nSPS) is 16.6. The van der Waals surface area contributed by atoms with Crippen molar-refractivity contribution in [2.75, 3.05) is 0 Å². The van der Waals surface area contributed by atoms with Crippen LogP contribution in [-0.2, 0) is 0 Å². The molecule has 1 aliphatic rings. The minimum Gasteiger partial charge on any atom is -0.349 e. The molecule has 0 spiro atoms. The maximum absolute atomic E-state index is 11.8. The molecule has 0 saturated heterocycles. The van der Waals surface area contributed by atoms with Crippen molar-refractivity contribution in [1.29, 1.82) is 0 Å². The number of aryl methyl sites for hydroxylation is 1. The van der Waals surface area contributed by atoms with Gasteiger partial charge in [-0.3, -0.25) is 9.78 Å². The lowest BCUT2D eigenvalue weighted by molar-refractivity contribution is 0.0937. The quantitative estimate of drug-likeness (QED) is 0.801. The molecule has 1 heterocycles. The van der Waals surface area contributed by atoms with E-state index in [1.807, 2.05) is 13.0 Å². The monoisotopic (exact) mass is 204 g/mol. The molecule has 1 aromatic rings. The molecule has 3 heteroatoms. The highest BCUT2D eigenvalue weighted by atomic mass is 16.1. The first kappa shape index (κ1) is 10.1. The highest BCUT2D eigenvalue weighted by Crippen LogP contribution is 2.18. The highest BCUT2D eigenvalue weighted by Gasteiger charge is 2.17. The lowest BCUT2D eigenvalue weighted by Gasteiger charge is -2.11. The molecular formula is C12H16N2O. The molecule has 1 saturated carbocycles. The standard InChI is InChI=1S/C12H16N2O/c1-9-6-10(8-13-7-9)12(15)14-11-4-2-3-5-11/h6-8,11H,2-5H2,1H3,(H,14,15). The van der Waals surface area contributed by atoms with Crippen LogP contribution in [-0.4, -0.2) is 16.9 Å². The summed E-state index contributed by atoms with van der Waals surface area (Å²) >= 11 is 0. The summed E-state index contributed by atoms with van der Waals surface area (Å²) in [5.74, 6) is 0.0121. The number of amides is 1. The third kappa shape index (κ3) is 2.55. The van der Waals surface area contributed by atoms with Gasteiger partial charge in [-0.15, -0.1) is 0 Å². The summed E-state index contributed by atoms with van der Waals surface area (Å²) in [4.78, 5) is 15.8. The second kappa shape index (κ2) is 4.43. The Morgan fingerprint density at radius 2 is 2.13 bits per heavy atom. The molecular weight excluding hydrogens is 188 g/mol. The van der Waals surface area contributed by atoms with Crippen LogP contribution < -0.4 is 5.32 Å². The van der Waals surface area contributed by atoms with Gasteiger partial charge in [0.05, 0.1) is 5.56 Å². The molecule has 0 bridgehead atoms. The summed E-state index contributed by atoms with van der Waals surface area (Å²) in [5, 5.41) is 3.04. The summed E-state index contributed by atoms with van der Waals surface area (Å²) in [6, 6.07) is 2.25. The third-order valence-corrected chi connectivity index (χ3v) is 2.83. The number of carbonyl (C=O) groups excluding carboxylic acids is 1. The Morgan fingerprint density at radius 1 is 1.40 bits per heavy atom. The van der Waals surface area contributed by atoms with E-state index < -0.39 is 0 Å². The molecule has 0 aliphatic heterocycles. The van der Waals surface area contributed by atoms with E-state index in [1.54, 1.807) is 12.4 Å². The number of carbonyl (C=O) groups is 1. The summed E-state index contributed by atoms with van der Waals surface area (Å²) in [6.07, 6.45) is 8.08. The van der Waals surface area contributed by atoms with Crippen molar-refractivity contribution in [3.05, 3.63) is 29.6 Å². The van der Waals surface area contributed by atoms with Gasteiger partial charge >= 0.3 is 0 Å². The topological polar surface area (TPSA) is 42.0 Å². The van der Waals surface area contributed by atoms with Gasteiger partial charge in [-0.2, -0.15) is 0 Å². The van der Waals surface area contributed by atoms with E-state index >= 15 is 0 Å². The molecule has 0 radical (unpaired) electrons. The minimum atomic E-state index is 0.0121. The Kier molecular flexibility index (Phi) is 2.99. The van der Waals surface area contributed by atoms with Crippen molar-refractivity contribution in [2.45, 2.75) is 38.6 Å². The van der Waals surface area contributed by atoms with Crippen LogP contribution in [0.1, 0.15) is 41.6 Å². The average Bonchev–Trinajstić information content (AvgIpc) is 2.70. The van der Waals surface area contributed by atoms with Crippen LogP contribution in [0.5, 0.6) is 0 Å². The van der Waals surface area contributed by atoms with Crippen molar-refractivity contribution >= 4 is 5.91 Å². The van der Waals surface area contributed by atoms with Gasteiger partial charge in [-0.05, 0) is 31.4 Å². The summed E-state index contributed by atoms with van der Waals surface area (Å²) in [7, 11) is 0. The van der Waals surface area contributed by atoms with Crippen LogP contribution in [0.3, 0.4) is 0 Å². The fourth-order valence-corrected chi connectivity index (χ4v) is 2.02. The zero-order valence-corrected chi connectivity index (χ0v) is 8.99. The Labute approximate surface area is 89.9 Å². The maximum atomic E-state index is 11.8. The van der Waals surface area contributed by atoms with E-state index in [-0.39, 0.29) is 5.91 Å². The first-order chi connectivity index (χ1) is 7.25. The van der Waals surface area contributed by atoms with Crippen LogP contribution in [0.15, 0.2) is 18.5 Å². The van der Waals surface area contributed by atoms with Crippen molar-refractivity contribution < 1.29 is 4.79 Å². The minimum absolute atomic E-state index is 0.0121. The molecule has 80 valence electrons. The lowest BCUT2D eigenvalue weighted by Crippen LogP contribution is -2.32. The molecule has 15 heavy (non-hydrogen) atoms. The van der Waals surface area contributed by atoms with Crippen molar-refractivity contribution in [1.82, 2.24) is 10.3 Å². The van der Waals surface area contributed by atoms with Crippen LogP contribution in [0.2, 0.25) is 0 Å². The average molecular weight is 204 g/mol. The maximum Gasteiger partial charge on any atom is 0.253 e. The summed E-state index contributed by atoms with van der Waals surface area (Å²) in [5.41, 5.74) is 1.69. The molecule has 1 aliphatic carbocycles. The number of pyridine rings is 1. The SMILES string of the molecule is Cc1cncc(C(=O)NC2CCCC2)c1. The third-order valence-electron chi connectivity index (χ3n) is 2.83. The molecule has 1 amide bonds. The largest absolute Gasteiger partial charge is 0.349 e. The number of hydrogen-bond acceptors (Lipinski definition) is 2. The van der Waals surface area contributed by atoms with Gasteiger partial charge in [-0.1, -0.05) is 12.8 Å². The molecule has 3 nitrogen and oxygen atoms in total. The van der Waals surface area contributed by atoms with Gasteiger partial charge in [0.15, 0.2) is 0 Å². The Morgan fingerprint density at radius 3 is 2.80 bits per heavy atom. The number of nitrogens with one attached hydrogen (secondary N) is 1. The van der Waals surface area contributed by atoms with E-state index in [2.05, 4.69) is 10.3 Å². The fourth-order valence-electron chi connectivity index (χ4n) is 2.02. The van der Waals surface area contributed by atoms with E-state index in [9.17, 15) is 4.79 Å². The van der Waals surface area contributed by atoms with Crippen molar-refractivity contribution in [3.63, 3.8) is 0 Å². The van der Waals surface area contributed by atoms with Gasteiger partial charge in [0.1, 0.15) is 0 Å². The van der Waals surface area contributed by atoms with Gasteiger partial charge < -0.3 is 5.32 Å². The second-order valence-electron chi connectivity index (χ2n) is 4.21. The van der Waals surface area contributed by atoms with E-state index in [4.69, 9.17) is 0 Å². The van der Waals surface area contributed by atoms with E-state index in [0.29, 0.717) is 11.6 Å². The van der Waals surface area contributed by atoms with Gasteiger partial charge in [0.25, 0.3) is 5.91 Å². The van der Waals surface area contributed by atoms with E-state index in [1.165, 1.54) is 12.8 Å². The summed E-state index contributed by atoms with van der Waals surface area (Å²) in [6.45, 7) is 1.94. The smallest absolute Gasteiger partial charge is 0.253 e. The number of hydrogen-bond donors (Lipinski definition) is 1. The van der Waals surface area contributed by atoms with Crippen LogP contribution in [0, 0.1) is 6.92 Å². The Bertz CT molecular complexity index is 356. The molecule has 1 fully saturated rings. The van der Waals surface area contributed by atoms with E-state index in [0.717, 1.165) is 18.4 Å². The predicted octanol–water partition coefficient (Wildman–Crippen LogP) is 2.06. The number of nitrogens with zero attached hydrogens (tertiary/aromatic N) is 1. The Hall–Kier alpha value is -1.38. The zero-order valence-electron chi connectivity index (χ0n) is 8.99. The first-order valence-electron chi connectivity index (χ1n) is 5.48. The van der Waals surface area contributed by atoms with Crippen LogP contribution in [0.25, 0.3) is 0 Å². The number of aromatic nitrogens is 1. The molecule has 1 aromatic heterocycles. The Balaban J connectivity index is 2.01. The van der Waals surface area contributed by atoms with Crippen LogP contribution in [0.4, 0.5) is 0 Å². The van der Waals surface area contributed by atoms with Crippen molar-refractivity contribution in [2.24, 2.45) is 0 Å². The van der Waals surface area contributed by atoms with Gasteiger partial charge in [0.2, 0.25) is 0 Å². The zero-order chi connectivity index (χ0) is 10.7. The molecule has 0 aromatic carbocycles. The molecule has 2 rings (SSSR count). The molecule has 1 N–H and O–H groups in total.